The van der Waals surface area contributed by atoms with E-state index in [-0.39, 0.29) is 23.0 Å². The van der Waals surface area contributed by atoms with Gasteiger partial charge < -0.3 is 42.5 Å². The smallest absolute Gasteiger partial charge is 0.255 e. The van der Waals surface area contributed by atoms with E-state index in [4.69, 9.17) is 5.73 Å². The van der Waals surface area contributed by atoms with Gasteiger partial charge in [-0.15, -0.1) is 0 Å². The van der Waals surface area contributed by atoms with Crippen LogP contribution in [0.25, 0.3) is 0 Å². The number of unbranched alkanes of at least 4 members (excludes halogenated alkanes) is 1. The fourth-order valence-corrected chi connectivity index (χ4v) is 3.12. The van der Waals surface area contributed by atoms with Gasteiger partial charge in [0, 0.05) is 6.54 Å². The van der Waals surface area contributed by atoms with E-state index in [9.17, 15) is 15.0 Å². The first kappa shape index (κ1) is 28.1. The Kier molecular flexibility index (Phi) is 17.4. The van der Waals surface area contributed by atoms with Gasteiger partial charge in [0.15, 0.2) is 0 Å². The number of nitrogens with one attached hydrogen (secondary N) is 5. The lowest BCUT2D eigenvalue weighted by atomic mass is 10.1. The van der Waals surface area contributed by atoms with Gasteiger partial charge in [0.2, 0.25) is 0 Å². The highest BCUT2D eigenvalue weighted by atomic mass is 16.3. The van der Waals surface area contributed by atoms with Crippen LogP contribution in [-0.2, 0) is 0 Å². The molecule has 1 rings (SSSR count). The first-order chi connectivity index (χ1) is 15.6. The number of nitrogens with two attached hydrogens (primary N) is 1. The Morgan fingerprint density at radius 3 is 1.69 bits per heavy atom. The molecule has 0 fully saturated rings. The minimum Gasteiger partial charge on any atom is -0.508 e. The highest BCUT2D eigenvalue weighted by molar-refractivity contribution is 5.97. The normalized spacial score (nSPS) is 11.0. The van der Waals surface area contributed by atoms with Gasteiger partial charge in [-0.25, -0.2) is 0 Å². The van der Waals surface area contributed by atoms with Gasteiger partial charge in [-0.3, -0.25) is 4.79 Å². The predicted octanol–water partition coefficient (Wildman–Crippen LogP) is 0.485. The lowest BCUT2D eigenvalue weighted by molar-refractivity contribution is 0.0950. The Labute approximate surface area is 192 Å². The molecule has 0 bridgehead atoms. The molecule has 0 atom stereocenters. The molecule has 0 aliphatic carbocycles. The molecule has 1 amide bonds. The van der Waals surface area contributed by atoms with Crippen LogP contribution in [0.1, 0.15) is 48.9 Å². The van der Waals surface area contributed by atoms with E-state index < -0.39 is 0 Å². The highest BCUT2D eigenvalue weighted by Crippen LogP contribution is 2.21. The average molecular weight is 453 g/mol. The van der Waals surface area contributed by atoms with Gasteiger partial charge in [0.1, 0.15) is 11.5 Å². The van der Waals surface area contributed by atoms with Crippen LogP contribution in [0.2, 0.25) is 0 Å². The molecule has 0 saturated carbocycles. The summed E-state index contributed by atoms with van der Waals surface area (Å²) in [5.41, 5.74) is 5.54. The molecular weight excluding hydrogens is 408 g/mol. The van der Waals surface area contributed by atoms with E-state index in [1.54, 1.807) is 0 Å². The molecule has 0 unspecified atom stereocenters. The number of amides is 1. The first-order valence-electron chi connectivity index (χ1n) is 12.0. The standard InChI is InChI=1S/C23H44N6O3/c24-9-3-12-25-10-1-2-11-26-13-4-14-27-15-5-16-28-17-6-18-29-23(32)21-19-20(30)7-8-22(21)31/h7-8,19,25-28,30-31H,1-6,9-18,24H2,(H,29,32). The zero-order chi connectivity index (χ0) is 23.3. The summed E-state index contributed by atoms with van der Waals surface area (Å²) >= 11 is 0. The van der Waals surface area contributed by atoms with Crippen molar-refractivity contribution >= 4 is 5.91 Å². The van der Waals surface area contributed by atoms with Crippen LogP contribution in [0.5, 0.6) is 11.5 Å². The first-order valence-corrected chi connectivity index (χ1v) is 12.0. The molecule has 32 heavy (non-hydrogen) atoms. The molecular formula is C23H44N6O3. The zero-order valence-electron chi connectivity index (χ0n) is 19.4. The number of hydrogen-bond donors (Lipinski definition) is 8. The number of phenols is 2. The molecule has 0 saturated heterocycles. The number of aromatic hydroxyl groups is 2. The van der Waals surface area contributed by atoms with Crippen LogP contribution >= 0.6 is 0 Å². The maximum absolute atomic E-state index is 12.0. The van der Waals surface area contributed by atoms with Crippen molar-refractivity contribution in [3.63, 3.8) is 0 Å². The second-order valence-electron chi connectivity index (χ2n) is 7.87. The number of carbonyl (C=O) groups is 1. The molecule has 0 heterocycles. The second kappa shape index (κ2) is 19.8. The van der Waals surface area contributed by atoms with E-state index in [0.717, 1.165) is 84.6 Å². The number of hydrogen-bond acceptors (Lipinski definition) is 8. The molecule has 184 valence electrons. The molecule has 9 N–H and O–H groups in total. The molecule has 9 heteroatoms. The zero-order valence-corrected chi connectivity index (χ0v) is 19.4. The Balaban J connectivity index is 1.79. The van der Waals surface area contributed by atoms with Gasteiger partial charge in [-0.05, 0) is 116 Å². The monoisotopic (exact) mass is 452 g/mol. The summed E-state index contributed by atoms with van der Waals surface area (Å²) in [4.78, 5) is 12.0. The molecule has 1 aromatic rings. The van der Waals surface area contributed by atoms with Crippen LogP contribution in [0.15, 0.2) is 18.2 Å². The van der Waals surface area contributed by atoms with Crippen LogP contribution in [0.4, 0.5) is 0 Å². The number of benzene rings is 1. The van der Waals surface area contributed by atoms with Crippen molar-refractivity contribution in [1.29, 1.82) is 0 Å². The Hall–Kier alpha value is -1.91. The SMILES string of the molecule is NCCCNCCCCNCCCNCCCNCCCNC(=O)c1cc(O)ccc1O. The van der Waals surface area contributed by atoms with Crippen molar-refractivity contribution in [1.82, 2.24) is 26.6 Å². The molecule has 0 spiro atoms. The van der Waals surface area contributed by atoms with Crippen LogP contribution in [0.3, 0.4) is 0 Å². The Morgan fingerprint density at radius 2 is 1.16 bits per heavy atom. The topological polar surface area (TPSA) is 144 Å². The van der Waals surface area contributed by atoms with Crippen molar-refractivity contribution in [2.75, 3.05) is 65.4 Å². The van der Waals surface area contributed by atoms with Crippen molar-refractivity contribution in [3.05, 3.63) is 23.8 Å². The third kappa shape index (κ3) is 15.0. The van der Waals surface area contributed by atoms with Gasteiger partial charge in [0.25, 0.3) is 5.91 Å². The number of phenolic OH excluding ortho intramolecular Hbond substituents is 2. The third-order valence-corrected chi connectivity index (χ3v) is 4.97. The van der Waals surface area contributed by atoms with Crippen molar-refractivity contribution < 1.29 is 15.0 Å². The quantitative estimate of drug-likeness (QED) is 0.0994. The molecule has 0 radical (unpaired) electrons. The van der Waals surface area contributed by atoms with E-state index in [0.29, 0.717) is 6.54 Å². The second-order valence-corrected chi connectivity index (χ2v) is 7.87. The highest BCUT2D eigenvalue weighted by Gasteiger charge is 2.11. The fraction of sp³-hybridized carbons (Fsp3) is 0.696. The minimum absolute atomic E-state index is 0.0439. The fourth-order valence-electron chi connectivity index (χ4n) is 3.12. The number of rotatable bonds is 21. The van der Waals surface area contributed by atoms with Crippen molar-refractivity contribution in [2.24, 2.45) is 5.73 Å². The minimum atomic E-state index is -0.382. The van der Waals surface area contributed by atoms with Crippen LogP contribution < -0.4 is 32.3 Å². The van der Waals surface area contributed by atoms with E-state index in [1.165, 1.54) is 31.0 Å². The van der Waals surface area contributed by atoms with E-state index in [2.05, 4.69) is 26.6 Å². The summed E-state index contributed by atoms with van der Waals surface area (Å²) in [7, 11) is 0. The van der Waals surface area contributed by atoms with E-state index >= 15 is 0 Å². The third-order valence-electron chi connectivity index (χ3n) is 4.97. The maximum Gasteiger partial charge on any atom is 0.255 e. The van der Waals surface area contributed by atoms with Gasteiger partial charge in [-0.2, -0.15) is 0 Å². The summed E-state index contributed by atoms with van der Waals surface area (Å²) in [6, 6.07) is 3.91. The summed E-state index contributed by atoms with van der Waals surface area (Å²) in [6.45, 7) is 9.29. The summed E-state index contributed by atoms with van der Waals surface area (Å²) < 4.78 is 0. The summed E-state index contributed by atoms with van der Waals surface area (Å²) in [5.74, 6) is -0.561. The van der Waals surface area contributed by atoms with Crippen molar-refractivity contribution in [2.45, 2.75) is 38.5 Å². The predicted molar refractivity (Wildman–Crippen MR) is 130 cm³/mol. The average Bonchev–Trinajstić information content (AvgIpc) is 2.79. The van der Waals surface area contributed by atoms with Crippen LogP contribution in [-0.4, -0.2) is 81.6 Å². The maximum atomic E-state index is 12.0. The van der Waals surface area contributed by atoms with Crippen molar-refractivity contribution in [3.8, 4) is 11.5 Å². The van der Waals surface area contributed by atoms with E-state index in [1.807, 2.05) is 0 Å². The summed E-state index contributed by atoms with van der Waals surface area (Å²) in [6.07, 6.45) is 6.46. The lowest BCUT2D eigenvalue weighted by Crippen LogP contribution is -2.29. The lowest BCUT2D eigenvalue weighted by Gasteiger charge is -2.09. The molecule has 0 aromatic heterocycles. The summed E-state index contributed by atoms with van der Waals surface area (Å²) in [5, 5.41) is 35.5. The molecule has 0 aliphatic rings. The van der Waals surface area contributed by atoms with Gasteiger partial charge in [0.05, 0.1) is 5.56 Å². The Morgan fingerprint density at radius 1 is 0.688 bits per heavy atom. The largest absolute Gasteiger partial charge is 0.508 e. The van der Waals surface area contributed by atoms with Gasteiger partial charge >= 0.3 is 0 Å². The molecule has 9 nitrogen and oxygen atoms in total. The molecule has 1 aromatic carbocycles. The van der Waals surface area contributed by atoms with Crippen LogP contribution in [0, 0.1) is 0 Å². The number of carbonyl (C=O) groups excluding carboxylic acids is 1. The Bertz CT molecular complexity index is 603. The molecule has 0 aliphatic heterocycles. The van der Waals surface area contributed by atoms with Gasteiger partial charge in [-0.1, -0.05) is 0 Å².